The molecule has 0 saturated carbocycles. The maximum atomic E-state index is 4.03. The third-order valence-corrected chi connectivity index (χ3v) is 2.62. The van der Waals surface area contributed by atoms with Crippen LogP contribution in [0.4, 0.5) is 0 Å². The molecule has 66 valence electrons. The molecular formula is C10H14BrN. The number of rotatable bonds is 4. The van der Waals surface area contributed by atoms with E-state index in [9.17, 15) is 0 Å². The first kappa shape index (κ1) is 9.72. The number of aryl methyl sites for hydroxylation is 1. The minimum atomic E-state index is 1.14. The highest BCUT2D eigenvalue weighted by Gasteiger charge is 1.97. The molecule has 1 aromatic heterocycles. The molecule has 0 amide bonds. The molecule has 0 aliphatic rings. The van der Waals surface area contributed by atoms with Crippen molar-refractivity contribution in [2.75, 3.05) is 0 Å². The molecule has 0 aromatic carbocycles. The summed E-state index contributed by atoms with van der Waals surface area (Å²) in [5.41, 5.74) is 1.37. The average Bonchev–Trinajstić information content (AvgIpc) is 2.09. The summed E-state index contributed by atoms with van der Waals surface area (Å²) in [6.45, 7) is 2.22. The molecule has 1 aromatic rings. The fraction of sp³-hybridized carbons (Fsp3) is 0.500. The van der Waals surface area contributed by atoms with Crippen molar-refractivity contribution in [1.29, 1.82) is 0 Å². The Morgan fingerprint density at radius 3 is 2.92 bits per heavy atom. The van der Waals surface area contributed by atoms with Gasteiger partial charge in [0.15, 0.2) is 0 Å². The molecule has 1 nitrogen and oxygen atoms in total. The second kappa shape index (κ2) is 5.31. The van der Waals surface area contributed by atoms with Gasteiger partial charge in [0.1, 0.15) is 0 Å². The number of halogens is 1. The number of hydrogen-bond donors (Lipinski definition) is 0. The van der Waals surface area contributed by atoms with Crippen LogP contribution in [0.25, 0.3) is 0 Å². The normalized spacial score (nSPS) is 10.2. The third kappa shape index (κ3) is 2.94. The standard InChI is InChI=1S/C10H14BrN/c1-2-3-4-5-9-6-7-12-8-10(9)11/h6-8H,2-5H2,1H3. The van der Waals surface area contributed by atoms with Gasteiger partial charge in [0.25, 0.3) is 0 Å². The van der Waals surface area contributed by atoms with Crippen LogP contribution in [0, 0.1) is 0 Å². The van der Waals surface area contributed by atoms with E-state index >= 15 is 0 Å². The second-order valence-electron chi connectivity index (χ2n) is 2.92. The van der Waals surface area contributed by atoms with E-state index in [4.69, 9.17) is 0 Å². The molecule has 12 heavy (non-hydrogen) atoms. The van der Waals surface area contributed by atoms with Gasteiger partial charge in [-0.05, 0) is 40.4 Å². The molecule has 0 aliphatic carbocycles. The minimum absolute atomic E-state index is 1.14. The van der Waals surface area contributed by atoms with Crippen molar-refractivity contribution in [3.63, 3.8) is 0 Å². The van der Waals surface area contributed by atoms with Crippen LogP contribution in [0.5, 0.6) is 0 Å². The summed E-state index contributed by atoms with van der Waals surface area (Å²) < 4.78 is 1.14. The largest absolute Gasteiger partial charge is 0.264 e. The molecule has 2 heteroatoms. The van der Waals surface area contributed by atoms with Crippen LogP contribution in [0.1, 0.15) is 31.7 Å². The van der Waals surface area contributed by atoms with Crippen molar-refractivity contribution in [1.82, 2.24) is 4.98 Å². The van der Waals surface area contributed by atoms with Gasteiger partial charge < -0.3 is 0 Å². The topological polar surface area (TPSA) is 12.9 Å². The molecular weight excluding hydrogens is 214 g/mol. The first-order chi connectivity index (χ1) is 5.84. The van der Waals surface area contributed by atoms with E-state index in [1.807, 2.05) is 12.4 Å². The Balaban J connectivity index is 2.46. The first-order valence-corrected chi connectivity index (χ1v) is 5.22. The van der Waals surface area contributed by atoms with Crippen LogP contribution < -0.4 is 0 Å². The molecule has 0 spiro atoms. The molecule has 0 N–H and O–H groups in total. The maximum Gasteiger partial charge on any atom is 0.0412 e. The van der Waals surface area contributed by atoms with Gasteiger partial charge in [-0.25, -0.2) is 0 Å². The molecule has 0 unspecified atom stereocenters. The molecule has 0 radical (unpaired) electrons. The zero-order chi connectivity index (χ0) is 8.81. The van der Waals surface area contributed by atoms with Gasteiger partial charge >= 0.3 is 0 Å². The predicted octanol–water partition coefficient (Wildman–Crippen LogP) is 3.58. The molecule has 0 atom stereocenters. The summed E-state index contributed by atoms with van der Waals surface area (Å²) in [7, 11) is 0. The lowest BCUT2D eigenvalue weighted by Crippen LogP contribution is -1.87. The third-order valence-electron chi connectivity index (χ3n) is 1.91. The number of unbranched alkanes of at least 4 members (excludes halogenated alkanes) is 2. The van der Waals surface area contributed by atoms with E-state index in [0.29, 0.717) is 0 Å². The fourth-order valence-corrected chi connectivity index (χ4v) is 1.62. The van der Waals surface area contributed by atoms with Crippen molar-refractivity contribution in [2.45, 2.75) is 32.6 Å². The van der Waals surface area contributed by atoms with Gasteiger partial charge in [0.2, 0.25) is 0 Å². The van der Waals surface area contributed by atoms with Crippen LogP contribution in [-0.2, 0) is 6.42 Å². The molecule has 0 aliphatic heterocycles. The fourth-order valence-electron chi connectivity index (χ4n) is 1.17. The summed E-state index contributed by atoms with van der Waals surface area (Å²) in [4.78, 5) is 4.03. The predicted molar refractivity (Wildman–Crippen MR) is 55.2 cm³/mol. The van der Waals surface area contributed by atoms with Gasteiger partial charge in [-0.2, -0.15) is 0 Å². The van der Waals surface area contributed by atoms with Crippen LogP contribution in [0.2, 0.25) is 0 Å². The summed E-state index contributed by atoms with van der Waals surface area (Å²) in [6.07, 6.45) is 8.75. The lowest BCUT2D eigenvalue weighted by atomic mass is 10.1. The summed E-state index contributed by atoms with van der Waals surface area (Å²) in [5.74, 6) is 0. The van der Waals surface area contributed by atoms with E-state index in [-0.39, 0.29) is 0 Å². The number of pyridine rings is 1. The van der Waals surface area contributed by atoms with E-state index in [1.165, 1.54) is 24.8 Å². The summed E-state index contributed by atoms with van der Waals surface area (Å²) in [5, 5.41) is 0. The molecule has 1 heterocycles. The van der Waals surface area contributed by atoms with Crippen LogP contribution in [-0.4, -0.2) is 4.98 Å². The van der Waals surface area contributed by atoms with E-state index < -0.39 is 0 Å². The van der Waals surface area contributed by atoms with Crippen LogP contribution in [0.3, 0.4) is 0 Å². The Kier molecular flexibility index (Phi) is 4.30. The second-order valence-corrected chi connectivity index (χ2v) is 3.78. The van der Waals surface area contributed by atoms with Crippen LogP contribution in [0.15, 0.2) is 22.9 Å². The SMILES string of the molecule is CCCCCc1ccncc1Br. The van der Waals surface area contributed by atoms with Crippen molar-refractivity contribution in [2.24, 2.45) is 0 Å². The smallest absolute Gasteiger partial charge is 0.0412 e. The van der Waals surface area contributed by atoms with Crippen LogP contribution >= 0.6 is 15.9 Å². The summed E-state index contributed by atoms with van der Waals surface area (Å²) >= 11 is 3.49. The lowest BCUT2D eigenvalue weighted by molar-refractivity contribution is 0.715. The highest BCUT2D eigenvalue weighted by molar-refractivity contribution is 9.10. The Morgan fingerprint density at radius 1 is 1.42 bits per heavy atom. The molecule has 0 bridgehead atoms. The van der Waals surface area contributed by atoms with Crippen molar-refractivity contribution >= 4 is 15.9 Å². The Bertz CT molecular complexity index is 235. The van der Waals surface area contributed by atoms with Gasteiger partial charge in [-0.3, -0.25) is 4.98 Å². The van der Waals surface area contributed by atoms with Gasteiger partial charge in [-0.15, -0.1) is 0 Å². The zero-order valence-electron chi connectivity index (χ0n) is 7.39. The highest BCUT2D eigenvalue weighted by Crippen LogP contribution is 2.16. The molecule has 0 saturated heterocycles. The monoisotopic (exact) mass is 227 g/mol. The van der Waals surface area contributed by atoms with Crippen molar-refractivity contribution in [3.05, 3.63) is 28.5 Å². The van der Waals surface area contributed by atoms with E-state index in [2.05, 4.69) is 33.9 Å². The number of nitrogens with zero attached hydrogens (tertiary/aromatic N) is 1. The quantitative estimate of drug-likeness (QED) is 0.718. The van der Waals surface area contributed by atoms with Gasteiger partial charge in [-0.1, -0.05) is 19.8 Å². The molecule has 1 rings (SSSR count). The highest BCUT2D eigenvalue weighted by atomic mass is 79.9. The van der Waals surface area contributed by atoms with Gasteiger partial charge in [0.05, 0.1) is 0 Å². The van der Waals surface area contributed by atoms with Gasteiger partial charge in [0, 0.05) is 16.9 Å². The summed E-state index contributed by atoms with van der Waals surface area (Å²) in [6, 6.07) is 2.08. The Labute approximate surface area is 82.3 Å². The van der Waals surface area contributed by atoms with Crippen molar-refractivity contribution < 1.29 is 0 Å². The molecule has 0 fully saturated rings. The van der Waals surface area contributed by atoms with Crippen molar-refractivity contribution in [3.8, 4) is 0 Å². The zero-order valence-corrected chi connectivity index (χ0v) is 8.97. The Hall–Kier alpha value is -0.370. The minimum Gasteiger partial charge on any atom is -0.264 e. The van der Waals surface area contributed by atoms with E-state index in [1.54, 1.807) is 0 Å². The average molecular weight is 228 g/mol. The number of hydrogen-bond acceptors (Lipinski definition) is 1. The Morgan fingerprint density at radius 2 is 2.25 bits per heavy atom. The van der Waals surface area contributed by atoms with E-state index in [0.717, 1.165) is 10.9 Å². The maximum absolute atomic E-state index is 4.03. The lowest BCUT2D eigenvalue weighted by Gasteiger charge is -2.01. The first-order valence-electron chi connectivity index (χ1n) is 4.43. The number of aromatic nitrogens is 1.